The van der Waals surface area contributed by atoms with Crippen molar-refractivity contribution in [3.8, 4) is 0 Å². The van der Waals surface area contributed by atoms with Crippen LogP contribution in [0.25, 0.3) is 0 Å². The van der Waals surface area contributed by atoms with Gasteiger partial charge in [0.1, 0.15) is 0 Å². The molecule has 2 aliphatic rings. The zero-order chi connectivity index (χ0) is 9.97. The van der Waals surface area contributed by atoms with Gasteiger partial charge in [-0.15, -0.1) is 0 Å². The molecule has 1 saturated carbocycles. The minimum Gasteiger partial charge on any atom is -0.328 e. The molecule has 0 bridgehead atoms. The summed E-state index contributed by atoms with van der Waals surface area (Å²) >= 11 is 0. The van der Waals surface area contributed by atoms with Crippen molar-refractivity contribution in [2.45, 2.75) is 45.1 Å². The molecule has 2 heteroatoms. The molecule has 82 valence electrons. The number of nitrogens with zero attached hydrogens (tertiary/aromatic N) is 1. The third-order valence-corrected chi connectivity index (χ3v) is 4.04. The predicted octanol–water partition coefficient (Wildman–Crippen LogP) is 1.85. The van der Waals surface area contributed by atoms with Crippen LogP contribution in [-0.2, 0) is 0 Å². The largest absolute Gasteiger partial charge is 0.328 e. The second-order valence-electron chi connectivity index (χ2n) is 5.32. The van der Waals surface area contributed by atoms with E-state index in [1.807, 2.05) is 0 Å². The fourth-order valence-corrected chi connectivity index (χ4v) is 3.02. The molecule has 2 atom stereocenters. The first-order valence-electron chi connectivity index (χ1n) is 6.23. The van der Waals surface area contributed by atoms with Crippen molar-refractivity contribution in [1.82, 2.24) is 4.90 Å². The van der Waals surface area contributed by atoms with Crippen molar-refractivity contribution < 1.29 is 0 Å². The Kier molecular flexibility index (Phi) is 3.45. The Labute approximate surface area is 87.8 Å². The lowest BCUT2D eigenvalue weighted by atomic mass is 10.0. The molecule has 0 aromatic carbocycles. The maximum atomic E-state index is 5.94. The Morgan fingerprint density at radius 2 is 2.00 bits per heavy atom. The van der Waals surface area contributed by atoms with E-state index < -0.39 is 0 Å². The van der Waals surface area contributed by atoms with Gasteiger partial charge in [0.05, 0.1) is 0 Å². The van der Waals surface area contributed by atoms with Gasteiger partial charge >= 0.3 is 0 Å². The van der Waals surface area contributed by atoms with Crippen molar-refractivity contribution in [2.75, 3.05) is 19.6 Å². The summed E-state index contributed by atoms with van der Waals surface area (Å²) in [6.07, 6.45) is 7.20. The second kappa shape index (κ2) is 4.63. The lowest BCUT2D eigenvalue weighted by Gasteiger charge is -2.21. The predicted molar refractivity (Wildman–Crippen MR) is 60.2 cm³/mol. The first-order valence-corrected chi connectivity index (χ1v) is 6.23. The highest BCUT2D eigenvalue weighted by molar-refractivity contribution is 4.82. The normalized spacial score (nSPS) is 32.6. The smallest absolute Gasteiger partial charge is 0.00514 e. The zero-order valence-electron chi connectivity index (χ0n) is 9.41. The van der Waals surface area contributed by atoms with E-state index in [0.29, 0.717) is 6.04 Å². The van der Waals surface area contributed by atoms with Gasteiger partial charge in [-0.25, -0.2) is 0 Å². The van der Waals surface area contributed by atoms with Gasteiger partial charge in [0.2, 0.25) is 0 Å². The molecule has 0 amide bonds. The van der Waals surface area contributed by atoms with E-state index in [-0.39, 0.29) is 0 Å². The number of hydrogen-bond acceptors (Lipinski definition) is 2. The number of likely N-dealkylation sites (tertiary alicyclic amines) is 1. The monoisotopic (exact) mass is 196 g/mol. The summed E-state index contributed by atoms with van der Waals surface area (Å²) < 4.78 is 0. The fraction of sp³-hybridized carbons (Fsp3) is 1.00. The number of nitrogens with two attached hydrogens (primary N) is 1. The summed E-state index contributed by atoms with van der Waals surface area (Å²) in [7, 11) is 0. The van der Waals surface area contributed by atoms with Crippen LogP contribution >= 0.6 is 0 Å². The van der Waals surface area contributed by atoms with Crippen LogP contribution in [0, 0.1) is 11.8 Å². The van der Waals surface area contributed by atoms with Crippen LogP contribution in [0.2, 0.25) is 0 Å². The van der Waals surface area contributed by atoms with Crippen LogP contribution in [0.4, 0.5) is 0 Å². The molecule has 2 rings (SSSR count). The van der Waals surface area contributed by atoms with Crippen LogP contribution in [0.15, 0.2) is 0 Å². The molecule has 2 unspecified atom stereocenters. The van der Waals surface area contributed by atoms with Crippen molar-refractivity contribution >= 4 is 0 Å². The van der Waals surface area contributed by atoms with Gasteiger partial charge in [0, 0.05) is 19.1 Å². The van der Waals surface area contributed by atoms with Gasteiger partial charge in [-0.2, -0.15) is 0 Å². The van der Waals surface area contributed by atoms with E-state index in [1.165, 1.54) is 51.7 Å². The molecule has 1 heterocycles. The number of hydrogen-bond donors (Lipinski definition) is 1. The van der Waals surface area contributed by atoms with E-state index in [9.17, 15) is 0 Å². The summed E-state index contributed by atoms with van der Waals surface area (Å²) in [4.78, 5) is 2.64. The molecule has 1 saturated heterocycles. The second-order valence-corrected chi connectivity index (χ2v) is 5.32. The van der Waals surface area contributed by atoms with Crippen molar-refractivity contribution in [3.63, 3.8) is 0 Å². The van der Waals surface area contributed by atoms with Gasteiger partial charge in [0.15, 0.2) is 0 Å². The molecular weight excluding hydrogens is 172 g/mol. The molecule has 0 aromatic heterocycles. The number of rotatable bonds is 3. The van der Waals surface area contributed by atoms with Crippen LogP contribution in [-0.4, -0.2) is 30.6 Å². The highest BCUT2D eigenvalue weighted by Gasteiger charge is 2.27. The lowest BCUT2D eigenvalue weighted by Crippen LogP contribution is -2.31. The molecule has 0 radical (unpaired) electrons. The molecule has 2 nitrogen and oxygen atoms in total. The van der Waals surface area contributed by atoms with Crippen molar-refractivity contribution in [1.29, 1.82) is 0 Å². The lowest BCUT2D eigenvalue weighted by molar-refractivity contribution is 0.266. The minimum absolute atomic E-state index is 0.392. The Morgan fingerprint density at radius 3 is 2.57 bits per heavy atom. The van der Waals surface area contributed by atoms with Crippen molar-refractivity contribution in [2.24, 2.45) is 17.6 Å². The maximum Gasteiger partial charge on any atom is 0.00514 e. The molecule has 1 aliphatic carbocycles. The summed E-state index contributed by atoms with van der Waals surface area (Å²) in [5.74, 6) is 1.76. The Hall–Kier alpha value is -0.0800. The average Bonchev–Trinajstić information content (AvgIpc) is 2.75. The summed E-state index contributed by atoms with van der Waals surface area (Å²) in [5.41, 5.74) is 5.94. The third-order valence-electron chi connectivity index (χ3n) is 4.04. The van der Waals surface area contributed by atoms with Gasteiger partial charge in [-0.1, -0.05) is 12.8 Å². The summed E-state index contributed by atoms with van der Waals surface area (Å²) in [6, 6.07) is 0.392. The topological polar surface area (TPSA) is 29.3 Å². The highest BCUT2D eigenvalue weighted by Crippen LogP contribution is 2.28. The quantitative estimate of drug-likeness (QED) is 0.746. The minimum atomic E-state index is 0.392. The third kappa shape index (κ3) is 2.48. The van der Waals surface area contributed by atoms with E-state index >= 15 is 0 Å². The molecule has 0 spiro atoms. The Bertz CT molecular complexity index is 173. The van der Waals surface area contributed by atoms with Gasteiger partial charge in [0.25, 0.3) is 0 Å². The standard InChI is InChI=1S/C12H24N2/c1-10(13)12-6-7-14(9-12)8-11-4-2-3-5-11/h10-12H,2-9,13H2,1H3. The first kappa shape index (κ1) is 10.4. The molecule has 2 fully saturated rings. The average molecular weight is 196 g/mol. The molecule has 0 aromatic rings. The van der Waals surface area contributed by atoms with Crippen LogP contribution in [0.3, 0.4) is 0 Å². The fourth-order valence-electron chi connectivity index (χ4n) is 3.02. The Morgan fingerprint density at radius 1 is 1.29 bits per heavy atom. The van der Waals surface area contributed by atoms with E-state index in [1.54, 1.807) is 0 Å². The SMILES string of the molecule is CC(N)C1CCN(CC2CCCC2)C1. The summed E-state index contributed by atoms with van der Waals surface area (Å²) in [5, 5.41) is 0. The maximum absolute atomic E-state index is 5.94. The van der Waals surface area contributed by atoms with E-state index in [4.69, 9.17) is 5.73 Å². The Balaban J connectivity index is 1.72. The van der Waals surface area contributed by atoms with E-state index in [0.717, 1.165) is 11.8 Å². The van der Waals surface area contributed by atoms with Crippen LogP contribution in [0.1, 0.15) is 39.0 Å². The van der Waals surface area contributed by atoms with Gasteiger partial charge in [-0.05, 0) is 44.6 Å². The van der Waals surface area contributed by atoms with E-state index in [2.05, 4.69) is 11.8 Å². The van der Waals surface area contributed by atoms with Gasteiger partial charge < -0.3 is 10.6 Å². The zero-order valence-corrected chi connectivity index (χ0v) is 9.41. The van der Waals surface area contributed by atoms with Crippen molar-refractivity contribution in [3.05, 3.63) is 0 Å². The van der Waals surface area contributed by atoms with Crippen LogP contribution in [0.5, 0.6) is 0 Å². The molecule has 1 aliphatic heterocycles. The molecule has 2 N–H and O–H groups in total. The highest BCUT2D eigenvalue weighted by atomic mass is 15.1. The summed E-state index contributed by atoms with van der Waals surface area (Å²) in [6.45, 7) is 6.06. The first-order chi connectivity index (χ1) is 6.75. The molecular formula is C12H24N2. The molecule has 14 heavy (non-hydrogen) atoms. The van der Waals surface area contributed by atoms with Gasteiger partial charge in [-0.3, -0.25) is 0 Å². The van der Waals surface area contributed by atoms with Crippen LogP contribution < -0.4 is 5.73 Å².